The van der Waals surface area contributed by atoms with E-state index in [0.29, 0.717) is 19.4 Å². The average Bonchev–Trinajstić information content (AvgIpc) is 3.71. The van der Waals surface area contributed by atoms with Crippen LogP contribution in [0.15, 0.2) is 36.5 Å². The highest BCUT2D eigenvalue weighted by Crippen LogP contribution is 2.20. The van der Waals surface area contributed by atoms with Gasteiger partial charge in [-0.05, 0) is 64.2 Å². The Hall–Kier alpha value is -1.92. The van der Waals surface area contributed by atoms with Gasteiger partial charge in [0.05, 0.1) is 25.4 Å². The van der Waals surface area contributed by atoms with Crippen molar-refractivity contribution < 1.29 is 24.5 Å². The molecule has 0 aromatic rings. The minimum atomic E-state index is -0.843. The van der Waals surface area contributed by atoms with Gasteiger partial charge in [0.2, 0.25) is 5.91 Å². The predicted molar refractivity (Wildman–Crippen MR) is 398 cm³/mol. The molecule has 0 aliphatic carbocycles. The summed E-state index contributed by atoms with van der Waals surface area (Å²) in [5.41, 5.74) is 0. The molecule has 2 unspecified atom stereocenters. The van der Waals surface area contributed by atoms with Crippen LogP contribution in [0.25, 0.3) is 0 Å². The van der Waals surface area contributed by atoms with Gasteiger partial charge in [-0.15, -0.1) is 0 Å². The van der Waals surface area contributed by atoms with Gasteiger partial charge in [-0.1, -0.05) is 423 Å². The zero-order valence-electron chi connectivity index (χ0n) is 61.1. The molecule has 2 atom stereocenters. The predicted octanol–water partition coefficient (Wildman–Crippen LogP) is 27.4. The number of carbonyl (C=O) groups excluding carboxylic acids is 2. The standard InChI is InChI=1S/C84H161NO5/c1-3-5-7-9-11-13-15-17-19-21-46-50-54-58-62-66-70-74-78-84(89)90-79-75-71-67-63-59-55-51-47-44-42-40-38-36-34-32-30-28-26-24-22-23-25-27-29-31-33-35-37-39-41-43-45-49-53-57-61-65-69-73-77-83(88)85-81(80-86)82(87)76-72-68-64-60-56-52-48-20-18-16-14-12-10-8-6-4-2/h22-23,26,28,72,76,81-82,86-87H,3-21,24-25,27,29-71,73-75,77-80H2,1-2H3,(H,85,88)/b23-22-,28-26-,76-72+. The molecule has 0 fully saturated rings. The number of hydrogen-bond donors (Lipinski definition) is 3. The van der Waals surface area contributed by atoms with Crippen LogP contribution < -0.4 is 5.32 Å². The zero-order valence-corrected chi connectivity index (χ0v) is 61.1. The highest BCUT2D eigenvalue weighted by Gasteiger charge is 2.18. The van der Waals surface area contributed by atoms with Crippen LogP contribution in [-0.2, 0) is 14.3 Å². The highest BCUT2D eigenvalue weighted by atomic mass is 16.5. The van der Waals surface area contributed by atoms with Crippen molar-refractivity contribution in [1.29, 1.82) is 0 Å². The van der Waals surface area contributed by atoms with Crippen molar-refractivity contribution in [2.45, 2.75) is 475 Å². The maximum Gasteiger partial charge on any atom is 0.305 e. The molecule has 0 rings (SSSR count). The van der Waals surface area contributed by atoms with Crippen molar-refractivity contribution in [2.24, 2.45) is 0 Å². The quantitative estimate of drug-likeness (QED) is 0.0320. The lowest BCUT2D eigenvalue weighted by atomic mass is 10.0. The second-order valence-corrected chi connectivity index (χ2v) is 28.5. The number of rotatable bonds is 78. The minimum Gasteiger partial charge on any atom is -0.466 e. The molecule has 1 amide bonds. The molecule has 0 saturated carbocycles. The molecule has 0 aromatic heterocycles. The molecular weight excluding hydrogens is 1100 g/mol. The van der Waals surface area contributed by atoms with E-state index in [-0.39, 0.29) is 18.5 Å². The van der Waals surface area contributed by atoms with Gasteiger partial charge in [-0.2, -0.15) is 0 Å². The van der Waals surface area contributed by atoms with Crippen LogP contribution in [0, 0.1) is 0 Å². The first-order valence-corrected chi connectivity index (χ1v) is 41.3. The summed E-state index contributed by atoms with van der Waals surface area (Å²) >= 11 is 0. The van der Waals surface area contributed by atoms with Crippen molar-refractivity contribution in [1.82, 2.24) is 5.32 Å². The molecule has 0 aromatic carbocycles. The summed E-state index contributed by atoms with van der Waals surface area (Å²) in [5, 5.41) is 23.2. The van der Waals surface area contributed by atoms with E-state index in [1.54, 1.807) is 6.08 Å². The van der Waals surface area contributed by atoms with Gasteiger partial charge in [0.25, 0.3) is 0 Å². The van der Waals surface area contributed by atoms with Crippen LogP contribution in [0.2, 0.25) is 0 Å². The molecule has 6 nitrogen and oxygen atoms in total. The van der Waals surface area contributed by atoms with Crippen LogP contribution in [0.5, 0.6) is 0 Å². The SMILES string of the molecule is CCCCCCCCCCCCCCCC/C=C/C(O)C(CO)NC(=O)CCCCCCCCCCCCCCCCCCC/C=C\C/C=C\CCCCCCCCCCCCCCCCCOC(=O)CCCCCCCCCCCCCCCCCCCC. The molecular formula is C84H161NO5. The number of hydrogen-bond acceptors (Lipinski definition) is 5. The first kappa shape index (κ1) is 88.1. The molecule has 0 radical (unpaired) electrons. The van der Waals surface area contributed by atoms with Crippen molar-refractivity contribution in [3.8, 4) is 0 Å². The largest absolute Gasteiger partial charge is 0.466 e. The second-order valence-electron chi connectivity index (χ2n) is 28.5. The summed E-state index contributed by atoms with van der Waals surface area (Å²) in [6.07, 6.45) is 104. The molecule has 90 heavy (non-hydrogen) atoms. The van der Waals surface area contributed by atoms with Crippen LogP contribution in [0.1, 0.15) is 463 Å². The number of aliphatic hydroxyl groups is 2. The lowest BCUT2D eigenvalue weighted by molar-refractivity contribution is -0.143. The third-order valence-corrected chi connectivity index (χ3v) is 19.4. The van der Waals surface area contributed by atoms with Gasteiger partial charge in [-0.3, -0.25) is 9.59 Å². The van der Waals surface area contributed by atoms with Crippen molar-refractivity contribution in [3.05, 3.63) is 36.5 Å². The van der Waals surface area contributed by atoms with Crippen LogP contribution in [0.3, 0.4) is 0 Å². The zero-order chi connectivity index (χ0) is 64.9. The van der Waals surface area contributed by atoms with Crippen LogP contribution in [-0.4, -0.2) is 47.4 Å². The number of aliphatic hydroxyl groups excluding tert-OH is 2. The first-order chi connectivity index (χ1) is 44.5. The van der Waals surface area contributed by atoms with Gasteiger partial charge >= 0.3 is 5.97 Å². The van der Waals surface area contributed by atoms with E-state index in [9.17, 15) is 19.8 Å². The molecule has 0 bridgehead atoms. The van der Waals surface area contributed by atoms with E-state index in [1.807, 2.05) is 6.08 Å². The van der Waals surface area contributed by atoms with Crippen molar-refractivity contribution in [3.63, 3.8) is 0 Å². The minimum absolute atomic E-state index is 0.0254. The van der Waals surface area contributed by atoms with E-state index < -0.39 is 12.1 Å². The van der Waals surface area contributed by atoms with Gasteiger partial charge < -0.3 is 20.3 Å². The highest BCUT2D eigenvalue weighted by molar-refractivity contribution is 5.76. The Balaban J connectivity index is 3.35. The Bertz CT molecular complexity index is 1460. The number of ether oxygens (including phenoxy) is 1. The first-order valence-electron chi connectivity index (χ1n) is 41.3. The number of carbonyl (C=O) groups is 2. The fourth-order valence-corrected chi connectivity index (χ4v) is 13.1. The number of amides is 1. The van der Waals surface area contributed by atoms with Crippen LogP contribution >= 0.6 is 0 Å². The Morgan fingerprint density at radius 3 is 0.844 bits per heavy atom. The van der Waals surface area contributed by atoms with Gasteiger partial charge in [0.1, 0.15) is 0 Å². The second kappa shape index (κ2) is 79.5. The Labute approximate surface area is 564 Å². The smallest absolute Gasteiger partial charge is 0.305 e. The third-order valence-electron chi connectivity index (χ3n) is 19.4. The third kappa shape index (κ3) is 75.1. The summed E-state index contributed by atoms with van der Waals surface area (Å²) in [6, 6.07) is -0.626. The maximum atomic E-state index is 12.5. The van der Waals surface area contributed by atoms with Crippen molar-refractivity contribution >= 4 is 11.9 Å². The van der Waals surface area contributed by atoms with E-state index in [1.165, 1.54) is 392 Å². The fraction of sp³-hybridized carbons (Fsp3) is 0.905. The molecule has 3 N–H and O–H groups in total. The van der Waals surface area contributed by atoms with E-state index in [4.69, 9.17) is 4.74 Å². The van der Waals surface area contributed by atoms with Crippen molar-refractivity contribution in [2.75, 3.05) is 13.2 Å². The molecule has 0 aliphatic heterocycles. The number of nitrogens with one attached hydrogen (secondary N) is 1. The summed E-state index contributed by atoms with van der Waals surface area (Å²) in [4.78, 5) is 24.6. The van der Waals surface area contributed by atoms with Crippen LogP contribution in [0.4, 0.5) is 0 Å². The lowest BCUT2D eigenvalue weighted by Gasteiger charge is -2.20. The van der Waals surface area contributed by atoms with Gasteiger partial charge in [0, 0.05) is 12.8 Å². The van der Waals surface area contributed by atoms with Gasteiger partial charge in [0.15, 0.2) is 0 Å². The maximum absolute atomic E-state index is 12.5. The monoisotopic (exact) mass is 1260 g/mol. The summed E-state index contributed by atoms with van der Waals surface area (Å²) in [5.74, 6) is -0.0363. The molecule has 0 aliphatic rings. The average molecular weight is 1270 g/mol. The molecule has 0 heterocycles. The Morgan fingerprint density at radius 1 is 0.311 bits per heavy atom. The van der Waals surface area contributed by atoms with E-state index in [2.05, 4.69) is 43.5 Å². The molecule has 0 saturated heterocycles. The summed E-state index contributed by atoms with van der Waals surface area (Å²) < 4.78 is 5.52. The topological polar surface area (TPSA) is 95.9 Å². The number of allylic oxidation sites excluding steroid dienone is 5. The normalized spacial score (nSPS) is 12.6. The number of esters is 1. The molecule has 6 heteroatoms. The fourth-order valence-electron chi connectivity index (χ4n) is 13.1. The summed E-state index contributed by atoms with van der Waals surface area (Å²) in [6.45, 7) is 4.96. The molecule has 532 valence electrons. The lowest BCUT2D eigenvalue weighted by Crippen LogP contribution is -2.45. The summed E-state index contributed by atoms with van der Waals surface area (Å²) in [7, 11) is 0. The molecule has 0 spiro atoms. The number of unbranched alkanes of at least 4 members (excludes halogenated alkanes) is 63. The van der Waals surface area contributed by atoms with Gasteiger partial charge in [-0.25, -0.2) is 0 Å². The Morgan fingerprint density at radius 2 is 0.556 bits per heavy atom. The van der Waals surface area contributed by atoms with E-state index in [0.717, 1.165) is 44.9 Å². The van der Waals surface area contributed by atoms with E-state index >= 15 is 0 Å². The Kier molecular flexibility index (Phi) is 77.8.